The van der Waals surface area contributed by atoms with Gasteiger partial charge in [0, 0.05) is 5.92 Å². The van der Waals surface area contributed by atoms with Crippen LogP contribution >= 0.6 is 0 Å². The summed E-state index contributed by atoms with van der Waals surface area (Å²) in [5, 5.41) is 9.73. The molecule has 0 aromatic heterocycles. The quantitative estimate of drug-likeness (QED) is 0.787. The number of hydrogen-bond donors (Lipinski definition) is 1. The third-order valence-electron chi connectivity index (χ3n) is 2.45. The topological polar surface area (TPSA) is 20.2 Å². The summed E-state index contributed by atoms with van der Waals surface area (Å²) in [5.41, 5.74) is -0.255. The first kappa shape index (κ1) is 12.8. The zero-order chi connectivity index (χ0) is 12.3. The van der Waals surface area contributed by atoms with E-state index >= 15 is 0 Å². The van der Waals surface area contributed by atoms with E-state index in [2.05, 4.69) is 6.58 Å². The van der Waals surface area contributed by atoms with E-state index in [1.807, 2.05) is 0 Å². The van der Waals surface area contributed by atoms with E-state index in [0.29, 0.717) is 5.56 Å². The molecule has 0 amide bonds. The van der Waals surface area contributed by atoms with Crippen molar-refractivity contribution in [2.75, 3.05) is 0 Å². The second-order valence-corrected chi connectivity index (χ2v) is 3.66. The van der Waals surface area contributed by atoms with Crippen molar-refractivity contribution in [3.8, 4) is 0 Å². The Kier molecular flexibility index (Phi) is 3.75. The van der Waals surface area contributed by atoms with E-state index in [0.717, 1.165) is 12.1 Å². The number of aliphatic hydroxyl groups is 1. The monoisotopic (exact) mass is 230 g/mol. The Morgan fingerprint density at radius 1 is 1.25 bits per heavy atom. The van der Waals surface area contributed by atoms with E-state index in [-0.39, 0.29) is 5.92 Å². The number of aliphatic hydroxyl groups excluding tert-OH is 1. The van der Waals surface area contributed by atoms with Gasteiger partial charge >= 0.3 is 6.18 Å². The molecule has 1 N–H and O–H groups in total. The average Bonchev–Trinajstić information content (AvgIpc) is 2.26. The van der Waals surface area contributed by atoms with Gasteiger partial charge < -0.3 is 5.11 Å². The van der Waals surface area contributed by atoms with Crippen LogP contribution in [-0.2, 0) is 6.18 Å². The molecule has 0 aliphatic carbocycles. The molecular weight excluding hydrogens is 217 g/mol. The lowest BCUT2D eigenvalue weighted by molar-refractivity contribution is -0.137. The van der Waals surface area contributed by atoms with Crippen molar-refractivity contribution in [3.63, 3.8) is 0 Å². The van der Waals surface area contributed by atoms with Gasteiger partial charge in [-0.2, -0.15) is 13.2 Å². The summed E-state index contributed by atoms with van der Waals surface area (Å²) in [6.45, 7) is 5.27. The van der Waals surface area contributed by atoms with Crippen LogP contribution in [0.2, 0.25) is 0 Å². The highest BCUT2D eigenvalue weighted by Gasteiger charge is 2.30. The van der Waals surface area contributed by atoms with Crippen LogP contribution in [0.15, 0.2) is 36.9 Å². The Morgan fingerprint density at radius 2 is 1.75 bits per heavy atom. The Morgan fingerprint density at radius 3 is 2.12 bits per heavy atom. The van der Waals surface area contributed by atoms with Crippen molar-refractivity contribution < 1.29 is 18.3 Å². The summed E-state index contributed by atoms with van der Waals surface area (Å²) < 4.78 is 36.8. The molecule has 0 aliphatic heterocycles. The van der Waals surface area contributed by atoms with E-state index in [1.165, 1.54) is 12.1 Å². The molecule has 0 spiro atoms. The second kappa shape index (κ2) is 4.70. The average molecular weight is 230 g/mol. The predicted octanol–water partition coefficient (Wildman–Crippen LogP) is 3.56. The number of benzene rings is 1. The standard InChI is InChI=1S/C12H13F3O/c1-3-8(2)11(16)9-4-6-10(7-5-9)12(13,14)15/h3-8,11,16H,1H2,2H3/t8-,11+/m0/s1. The summed E-state index contributed by atoms with van der Waals surface area (Å²) in [6.07, 6.45) is -3.60. The smallest absolute Gasteiger partial charge is 0.388 e. The molecule has 0 unspecified atom stereocenters. The highest BCUT2D eigenvalue weighted by atomic mass is 19.4. The number of rotatable bonds is 3. The maximum Gasteiger partial charge on any atom is 0.416 e. The largest absolute Gasteiger partial charge is 0.416 e. The second-order valence-electron chi connectivity index (χ2n) is 3.66. The van der Waals surface area contributed by atoms with Crippen molar-refractivity contribution in [3.05, 3.63) is 48.0 Å². The normalized spacial score (nSPS) is 15.6. The molecule has 88 valence electrons. The van der Waals surface area contributed by atoms with Gasteiger partial charge in [-0.15, -0.1) is 6.58 Å². The van der Waals surface area contributed by atoms with Crippen molar-refractivity contribution in [1.29, 1.82) is 0 Å². The van der Waals surface area contributed by atoms with Crippen molar-refractivity contribution >= 4 is 0 Å². The lowest BCUT2D eigenvalue weighted by Gasteiger charge is -2.16. The third-order valence-corrected chi connectivity index (χ3v) is 2.45. The van der Waals surface area contributed by atoms with Crippen molar-refractivity contribution in [2.45, 2.75) is 19.2 Å². The van der Waals surface area contributed by atoms with Gasteiger partial charge in [-0.3, -0.25) is 0 Å². The van der Waals surface area contributed by atoms with Crippen LogP contribution in [0.1, 0.15) is 24.2 Å². The predicted molar refractivity (Wildman–Crippen MR) is 55.8 cm³/mol. The number of halogens is 3. The summed E-state index contributed by atoms with van der Waals surface area (Å²) in [5.74, 6) is -0.197. The zero-order valence-corrected chi connectivity index (χ0v) is 8.83. The van der Waals surface area contributed by atoms with Gasteiger partial charge in [-0.1, -0.05) is 25.1 Å². The minimum Gasteiger partial charge on any atom is -0.388 e. The van der Waals surface area contributed by atoms with Crippen molar-refractivity contribution in [1.82, 2.24) is 0 Å². The first-order chi connectivity index (χ1) is 7.36. The highest BCUT2D eigenvalue weighted by Crippen LogP contribution is 2.31. The van der Waals surface area contributed by atoms with Crippen LogP contribution in [0.3, 0.4) is 0 Å². The van der Waals surface area contributed by atoms with Crippen LogP contribution in [0, 0.1) is 5.92 Å². The van der Waals surface area contributed by atoms with E-state index < -0.39 is 17.8 Å². The molecule has 1 nitrogen and oxygen atoms in total. The molecule has 1 rings (SSSR count). The van der Waals surface area contributed by atoms with Crippen LogP contribution in [-0.4, -0.2) is 5.11 Å². The van der Waals surface area contributed by atoms with Gasteiger partial charge in [-0.25, -0.2) is 0 Å². The first-order valence-corrected chi connectivity index (χ1v) is 4.84. The Hall–Kier alpha value is -1.29. The lowest BCUT2D eigenvalue weighted by atomic mass is 9.97. The summed E-state index contributed by atoms with van der Waals surface area (Å²) in [7, 11) is 0. The van der Waals surface area contributed by atoms with Crippen LogP contribution in [0.25, 0.3) is 0 Å². The SMILES string of the molecule is C=C[C@H](C)[C@@H](O)c1ccc(C(F)(F)F)cc1. The fourth-order valence-electron chi connectivity index (χ4n) is 1.30. The molecule has 0 saturated heterocycles. The molecule has 2 atom stereocenters. The van der Waals surface area contributed by atoms with Gasteiger partial charge in [0.25, 0.3) is 0 Å². The molecule has 1 aromatic carbocycles. The summed E-state index contributed by atoms with van der Waals surface area (Å²) >= 11 is 0. The molecule has 0 fully saturated rings. The molecule has 16 heavy (non-hydrogen) atoms. The van der Waals surface area contributed by atoms with Gasteiger partial charge in [0.05, 0.1) is 11.7 Å². The molecule has 0 heterocycles. The van der Waals surface area contributed by atoms with Gasteiger partial charge in [0.15, 0.2) is 0 Å². The minimum atomic E-state index is -4.34. The fourth-order valence-corrected chi connectivity index (χ4v) is 1.30. The maximum absolute atomic E-state index is 12.3. The van der Waals surface area contributed by atoms with Gasteiger partial charge in [0.1, 0.15) is 0 Å². The highest BCUT2D eigenvalue weighted by molar-refractivity contribution is 5.26. The fraction of sp³-hybridized carbons (Fsp3) is 0.333. The first-order valence-electron chi connectivity index (χ1n) is 4.84. The van der Waals surface area contributed by atoms with Crippen LogP contribution in [0.4, 0.5) is 13.2 Å². The molecule has 0 aliphatic rings. The van der Waals surface area contributed by atoms with Gasteiger partial charge in [0.2, 0.25) is 0 Å². The lowest BCUT2D eigenvalue weighted by Crippen LogP contribution is -2.08. The molecule has 0 radical (unpaired) electrons. The van der Waals surface area contributed by atoms with E-state index in [9.17, 15) is 18.3 Å². The van der Waals surface area contributed by atoms with E-state index in [1.54, 1.807) is 13.0 Å². The van der Waals surface area contributed by atoms with Crippen molar-refractivity contribution in [2.24, 2.45) is 5.92 Å². The zero-order valence-electron chi connectivity index (χ0n) is 8.83. The van der Waals surface area contributed by atoms with E-state index in [4.69, 9.17) is 0 Å². The third kappa shape index (κ3) is 2.85. The van der Waals surface area contributed by atoms with Gasteiger partial charge in [-0.05, 0) is 17.7 Å². The molecule has 0 bridgehead atoms. The molecule has 1 aromatic rings. The Bertz CT molecular complexity index is 354. The Labute approximate surface area is 92.2 Å². The minimum absolute atomic E-state index is 0.197. The number of hydrogen-bond acceptors (Lipinski definition) is 1. The maximum atomic E-state index is 12.3. The summed E-state index contributed by atoms with van der Waals surface area (Å²) in [4.78, 5) is 0. The molecule has 0 saturated carbocycles. The van der Waals surface area contributed by atoms with Crippen LogP contribution < -0.4 is 0 Å². The molecule has 4 heteroatoms. The Balaban J connectivity index is 2.91. The summed E-state index contributed by atoms with van der Waals surface area (Å²) in [6, 6.07) is 4.50. The number of alkyl halides is 3. The van der Waals surface area contributed by atoms with Crippen LogP contribution in [0.5, 0.6) is 0 Å². The molecular formula is C12H13F3O.